The summed E-state index contributed by atoms with van der Waals surface area (Å²) < 4.78 is 1.87. The van der Waals surface area contributed by atoms with Crippen LogP contribution in [0.15, 0.2) is 0 Å². The normalized spacial score (nSPS) is 21.4. The molecule has 2 aliphatic rings. The highest BCUT2D eigenvalue weighted by molar-refractivity contribution is 5.65. The number of aliphatic hydroxyl groups is 1. The number of anilines is 2. The molecule has 1 aliphatic heterocycles. The molecule has 0 radical (unpaired) electrons. The van der Waals surface area contributed by atoms with E-state index in [2.05, 4.69) is 16.1 Å². The number of hydrogen-bond acceptors (Lipinski definition) is 5. The first kappa shape index (κ1) is 14.2. The Labute approximate surface area is 125 Å². The molecule has 1 aromatic rings. The highest BCUT2D eigenvalue weighted by atomic mass is 16.3. The van der Waals surface area contributed by atoms with Crippen LogP contribution >= 0.6 is 0 Å². The summed E-state index contributed by atoms with van der Waals surface area (Å²) in [7, 11) is 0. The molecule has 1 aliphatic carbocycles. The number of piperidine rings is 1. The van der Waals surface area contributed by atoms with Gasteiger partial charge in [0, 0.05) is 13.1 Å². The Morgan fingerprint density at radius 2 is 1.81 bits per heavy atom. The van der Waals surface area contributed by atoms with Gasteiger partial charge in [-0.2, -0.15) is 10.4 Å². The van der Waals surface area contributed by atoms with E-state index in [0.29, 0.717) is 23.2 Å². The minimum absolute atomic E-state index is 0.232. The van der Waals surface area contributed by atoms with Crippen LogP contribution in [0.2, 0.25) is 0 Å². The fraction of sp³-hybridized carbons (Fsp3) is 0.733. The highest BCUT2D eigenvalue weighted by Gasteiger charge is 2.27. The number of nitriles is 1. The van der Waals surface area contributed by atoms with Gasteiger partial charge in [0.1, 0.15) is 17.5 Å². The largest absolute Gasteiger partial charge is 0.393 e. The van der Waals surface area contributed by atoms with E-state index in [9.17, 15) is 10.4 Å². The number of aliphatic hydroxyl groups excluding tert-OH is 1. The first-order chi connectivity index (χ1) is 10.2. The van der Waals surface area contributed by atoms with E-state index in [1.807, 2.05) is 4.68 Å². The molecule has 0 unspecified atom stereocenters. The second kappa shape index (κ2) is 5.94. The van der Waals surface area contributed by atoms with Crippen LogP contribution in [0.4, 0.5) is 11.6 Å². The second-order valence-electron chi connectivity index (χ2n) is 6.15. The lowest BCUT2D eigenvalue weighted by atomic mass is 9.96. The van der Waals surface area contributed by atoms with Gasteiger partial charge >= 0.3 is 0 Å². The summed E-state index contributed by atoms with van der Waals surface area (Å²) in [5.41, 5.74) is 6.68. The van der Waals surface area contributed by atoms with Crippen molar-refractivity contribution in [2.24, 2.45) is 0 Å². The van der Waals surface area contributed by atoms with Crippen molar-refractivity contribution in [3.63, 3.8) is 0 Å². The van der Waals surface area contributed by atoms with Gasteiger partial charge in [-0.05, 0) is 25.7 Å². The molecule has 3 rings (SSSR count). The average molecular weight is 289 g/mol. The lowest BCUT2D eigenvalue weighted by molar-refractivity contribution is 0.145. The number of nitrogens with two attached hydrogens (primary N) is 1. The van der Waals surface area contributed by atoms with Gasteiger partial charge in [0.25, 0.3) is 0 Å². The fourth-order valence-corrected chi connectivity index (χ4v) is 3.45. The van der Waals surface area contributed by atoms with Crippen LogP contribution in [-0.2, 0) is 0 Å². The standard InChI is InChI=1S/C15H23N5O/c16-10-13-14(17)20(11-4-2-1-3-5-11)18-15(13)19-8-6-12(21)7-9-19/h11-12,21H,1-9,17H2. The molecular formula is C15H23N5O. The smallest absolute Gasteiger partial charge is 0.170 e. The lowest BCUT2D eigenvalue weighted by Crippen LogP contribution is -2.36. The Morgan fingerprint density at radius 1 is 1.14 bits per heavy atom. The zero-order chi connectivity index (χ0) is 14.8. The van der Waals surface area contributed by atoms with Gasteiger partial charge in [-0.25, -0.2) is 4.68 Å². The summed E-state index contributed by atoms with van der Waals surface area (Å²) in [6.07, 6.45) is 7.09. The Hall–Kier alpha value is -1.74. The quantitative estimate of drug-likeness (QED) is 0.866. The third-order valence-electron chi connectivity index (χ3n) is 4.73. The number of nitrogens with zero attached hydrogens (tertiary/aromatic N) is 4. The second-order valence-corrected chi connectivity index (χ2v) is 6.15. The Morgan fingerprint density at radius 3 is 2.43 bits per heavy atom. The van der Waals surface area contributed by atoms with Crippen molar-refractivity contribution in [3.8, 4) is 6.07 Å². The van der Waals surface area contributed by atoms with Gasteiger partial charge in [0.05, 0.1) is 12.1 Å². The van der Waals surface area contributed by atoms with E-state index in [0.717, 1.165) is 38.8 Å². The molecule has 1 aromatic heterocycles. The first-order valence-electron chi connectivity index (χ1n) is 7.91. The zero-order valence-corrected chi connectivity index (χ0v) is 12.3. The van der Waals surface area contributed by atoms with Crippen molar-refractivity contribution >= 4 is 11.6 Å². The first-order valence-corrected chi connectivity index (χ1v) is 7.91. The predicted octanol–water partition coefficient (Wildman–Crippen LogP) is 1.80. The maximum Gasteiger partial charge on any atom is 0.170 e. The topological polar surface area (TPSA) is 91.1 Å². The summed E-state index contributed by atoms with van der Waals surface area (Å²) >= 11 is 0. The van der Waals surface area contributed by atoms with Crippen molar-refractivity contribution < 1.29 is 5.11 Å². The zero-order valence-electron chi connectivity index (χ0n) is 12.3. The molecule has 3 N–H and O–H groups in total. The Kier molecular flexibility index (Phi) is 4.02. The molecule has 6 nitrogen and oxygen atoms in total. The molecule has 1 saturated heterocycles. The van der Waals surface area contributed by atoms with Gasteiger partial charge < -0.3 is 15.7 Å². The van der Waals surface area contributed by atoms with E-state index >= 15 is 0 Å². The summed E-state index contributed by atoms with van der Waals surface area (Å²) in [6, 6.07) is 2.55. The Bertz CT molecular complexity index is 533. The van der Waals surface area contributed by atoms with Gasteiger partial charge in [-0.1, -0.05) is 19.3 Å². The molecule has 0 amide bonds. The third kappa shape index (κ3) is 2.70. The molecule has 21 heavy (non-hydrogen) atoms. The molecule has 114 valence electrons. The summed E-state index contributed by atoms with van der Waals surface area (Å²) in [4.78, 5) is 2.08. The minimum Gasteiger partial charge on any atom is -0.393 e. The molecule has 0 atom stereocenters. The van der Waals surface area contributed by atoms with E-state index in [-0.39, 0.29) is 6.10 Å². The van der Waals surface area contributed by atoms with E-state index < -0.39 is 0 Å². The summed E-state index contributed by atoms with van der Waals surface area (Å²) in [5.74, 6) is 1.21. The molecule has 6 heteroatoms. The van der Waals surface area contributed by atoms with Crippen LogP contribution in [0.25, 0.3) is 0 Å². The van der Waals surface area contributed by atoms with Gasteiger partial charge in [0.2, 0.25) is 0 Å². The van der Waals surface area contributed by atoms with Crippen LogP contribution in [0.3, 0.4) is 0 Å². The number of rotatable bonds is 2. The van der Waals surface area contributed by atoms with E-state index in [4.69, 9.17) is 5.73 Å². The van der Waals surface area contributed by atoms with Crippen molar-refractivity contribution in [1.29, 1.82) is 5.26 Å². The Balaban J connectivity index is 1.88. The van der Waals surface area contributed by atoms with Gasteiger partial charge in [-0.15, -0.1) is 0 Å². The SMILES string of the molecule is N#Cc1c(N2CCC(O)CC2)nn(C2CCCCC2)c1N. The van der Waals surface area contributed by atoms with Crippen molar-refractivity contribution in [2.75, 3.05) is 23.7 Å². The van der Waals surface area contributed by atoms with Crippen LogP contribution in [0.1, 0.15) is 56.6 Å². The summed E-state index contributed by atoms with van der Waals surface area (Å²) in [6.45, 7) is 1.47. The van der Waals surface area contributed by atoms with Crippen LogP contribution in [0, 0.1) is 11.3 Å². The number of aromatic nitrogens is 2. The fourth-order valence-electron chi connectivity index (χ4n) is 3.45. The number of nitrogen functional groups attached to an aromatic ring is 1. The molecule has 0 bridgehead atoms. The molecule has 0 aromatic carbocycles. The maximum atomic E-state index is 9.62. The van der Waals surface area contributed by atoms with Crippen LogP contribution < -0.4 is 10.6 Å². The van der Waals surface area contributed by atoms with Crippen LogP contribution in [-0.4, -0.2) is 34.1 Å². The predicted molar refractivity (Wildman–Crippen MR) is 80.9 cm³/mol. The van der Waals surface area contributed by atoms with Crippen molar-refractivity contribution in [1.82, 2.24) is 9.78 Å². The summed E-state index contributed by atoms with van der Waals surface area (Å²) in [5, 5.41) is 23.7. The molecule has 2 fully saturated rings. The minimum atomic E-state index is -0.232. The average Bonchev–Trinajstić information content (AvgIpc) is 2.85. The van der Waals surface area contributed by atoms with E-state index in [1.165, 1.54) is 19.3 Å². The van der Waals surface area contributed by atoms with Gasteiger partial charge in [0.15, 0.2) is 5.82 Å². The van der Waals surface area contributed by atoms with E-state index in [1.54, 1.807) is 0 Å². The monoisotopic (exact) mass is 289 g/mol. The van der Waals surface area contributed by atoms with Crippen molar-refractivity contribution in [3.05, 3.63) is 5.56 Å². The lowest BCUT2D eigenvalue weighted by Gasteiger charge is -2.29. The number of hydrogen-bond donors (Lipinski definition) is 2. The maximum absolute atomic E-state index is 9.62. The highest BCUT2D eigenvalue weighted by Crippen LogP contribution is 2.34. The molecular weight excluding hydrogens is 266 g/mol. The van der Waals surface area contributed by atoms with Gasteiger partial charge in [-0.3, -0.25) is 0 Å². The van der Waals surface area contributed by atoms with Crippen molar-refractivity contribution in [2.45, 2.75) is 57.1 Å². The molecule has 1 saturated carbocycles. The molecule has 2 heterocycles. The van der Waals surface area contributed by atoms with Crippen LogP contribution in [0.5, 0.6) is 0 Å². The molecule has 0 spiro atoms. The third-order valence-corrected chi connectivity index (χ3v) is 4.73.